The van der Waals surface area contributed by atoms with Gasteiger partial charge in [-0.2, -0.15) is 0 Å². The van der Waals surface area contributed by atoms with Crippen LogP contribution in [0.1, 0.15) is 46.7 Å². The van der Waals surface area contributed by atoms with Crippen LogP contribution < -0.4 is 5.32 Å². The Morgan fingerprint density at radius 2 is 1.00 bits per heavy atom. The number of alkyl halides is 1. The van der Waals surface area contributed by atoms with Crippen LogP contribution in [0.3, 0.4) is 0 Å². The predicted molar refractivity (Wildman–Crippen MR) is 190 cm³/mol. The second-order valence-corrected chi connectivity index (χ2v) is 19.4. The number of aromatic carboxylic acids is 2. The Bertz CT molecular complexity index is 1240. The fourth-order valence-electron chi connectivity index (χ4n) is 4.46. The van der Waals surface area contributed by atoms with Crippen molar-refractivity contribution < 1.29 is 28.9 Å². The molecule has 0 aliphatic carbocycles. The smallest absolute Gasteiger partial charge is 0.335 e. The molecule has 0 saturated carbocycles. The zero-order chi connectivity index (χ0) is 32.0. The maximum Gasteiger partial charge on any atom is 0.335 e. The minimum absolute atomic E-state index is 0. The van der Waals surface area contributed by atoms with Crippen molar-refractivity contribution >= 4 is 37.8 Å². The third kappa shape index (κ3) is 18.6. The van der Waals surface area contributed by atoms with Gasteiger partial charge in [0, 0.05) is 65.4 Å². The molecule has 0 radical (unpaired) electrons. The molecule has 4 rings (SSSR count). The Hall–Kier alpha value is -2.03. The Morgan fingerprint density at radius 1 is 0.667 bits per heavy atom. The molecule has 2 fully saturated rings. The molecule has 0 spiro atoms. The standard InChI is InChI=1S/C15H23N2O3P.C12H16N2O2.C3H8ClOP.2CH4/c1-21(2,20)12-17-9-7-16(8-10-17)11-13-3-5-14(6-4-13)15(18)19;15-12(16)11-3-1-10(2-4-11)9-14-7-5-13-6-8-14;1-6(2,5)3-4;;/h3-6H,7-12H2,1-2H3,(H,18,19);1-4,13H,5-9H2,(H,15,16);3H2,1-2H3;2*1H4. The normalized spacial score (nSPS) is 16.0. The Kier molecular flexibility index (Phi) is 20.0. The fraction of sp³-hybridized carbons (Fsp3) is 0.562. The molecule has 2 aromatic rings. The number of nitrogens with one attached hydrogen (secondary N) is 1. The van der Waals surface area contributed by atoms with E-state index in [0.717, 1.165) is 71.0 Å². The summed E-state index contributed by atoms with van der Waals surface area (Å²) >= 11 is 5.21. The van der Waals surface area contributed by atoms with Gasteiger partial charge < -0.3 is 24.7 Å². The van der Waals surface area contributed by atoms with Crippen LogP contribution in [0.4, 0.5) is 0 Å². The van der Waals surface area contributed by atoms with Crippen LogP contribution in [0.15, 0.2) is 48.5 Å². The number of nitrogens with zero attached hydrogens (tertiary/aromatic N) is 3. The van der Waals surface area contributed by atoms with E-state index in [4.69, 9.17) is 21.8 Å². The molecule has 0 unspecified atom stereocenters. The monoisotopic (exact) mass is 688 g/mol. The molecule has 2 saturated heterocycles. The fourth-order valence-corrected chi connectivity index (χ4v) is 5.71. The highest BCUT2D eigenvalue weighted by Gasteiger charge is 2.20. The van der Waals surface area contributed by atoms with Gasteiger partial charge in [0.2, 0.25) is 0 Å². The van der Waals surface area contributed by atoms with Crippen LogP contribution in [-0.4, -0.2) is 128 Å². The van der Waals surface area contributed by atoms with Crippen molar-refractivity contribution in [3.05, 3.63) is 70.8 Å². The minimum atomic E-state index is -1.98. The first-order valence-corrected chi connectivity index (χ1v) is 20.4. The van der Waals surface area contributed by atoms with E-state index in [2.05, 4.69) is 20.0 Å². The Morgan fingerprint density at radius 3 is 1.31 bits per heavy atom. The van der Waals surface area contributed by atoms with Crippen LogP contribution in [0.2, 0.25) is 0 Å². The summed E-state index contributed by atoms with van der Waals surface area (Å²) < 4.78 is 22.3. The molecule has 0 aromatic heterocycles. The van der Waals surface area contributed by atoms with Gasteiger partial charge in [-0.25, -0.2) is 9.59 Å². The average Bonchev–Trinajstić information content (AvgIpc) is 2.95. The lowest BCUT2D eigenvalue weighted by atomic mass is 10.1. The van der Waals surface area contributed by atoms with E-state index in [1.165, 1.54) is 5.56 Å². The van der Waals surface area contributed by atoms with Gasteiger partial charge >= 0.3 is 11.9 Å². The number of halogens is 1. The topological polar surface area (TPSA) is 130 Å². The number of carboxylic acids is 2. The average molecular weight is 689 g/mol. The van der Waals surface area contributed by atoms with E-state index in [1.54, 1.807) is 37.6 Å². The molecule has 10 nitrogen and oxygen atoms in total. The van der Waals surface area contributed by atoms with Crippen LogP contribution in [0, 0.1) is 0 Å². The molecule has 13 heteroatoms. The number of carboxylic acid groups (broad SMARTS) is 2. The van der Waals surface area contributed by atoms with Crippen molar-refractivity contribution in [3.8, 4) is 0 Å². The van der Waals surface area contributed by atoms with Crippen molar-refractivity contribution in [2.24, 2.45) is 0 Å². The highest BCUT2D eigenvalue weighted by Crippen LogP contribution is 2.37. The zero-order valence-electron chi connectivity index (χ0n) is 25.7. The second-order valence-electron chi connectivity index (χ2n) is 11.8. The second kappa shape index (κ2) is 21.0. The van der Waals surface area contributed by atoms with Gasteiger partial charge in [0.1, 0.15) is 0 Å². The molecule has 0 amide bonds. The summed E-state index contributed by atoms with van der Waals surface area (Å²) in [5, 5.41) is 21.0. The van der Waals surface area contributed by atoms with Gasteiger partial charge in [-0.15, -0.1) is 11.6 Å². The first kappa shape index (κ1) is 43.0. The molecule has 2 aliphatic rings. The van der Waals surface area contributed by atoms with E-state index in [9.17, 15) is 18.7 Å². The largest absolute Gasteiger partial charge is 0.478 e. The van der Waals surface area contributed by atoms with Crippen molar-refractivity contribution in [3.63, 3.8) is 0 Å². The summed E-state index contributed by atoms with van der Waals surface area (Å²) in [7, 11) is -3.86. The maximum absolute atomic E-state index is 11.8. The summed E-state index contributed by atoms with van der Waals surface area (Å²) in [6, 6.07) is 14.2. The quantitative estimate of drug-likeness (QED) is 0.215. The molecule has 0 atom stereocenters. The van der Waals surface area contributed by atoms with E-state index in [0.29, 0.717) is 23.0 Å². The lowest BCUT2D eigenvalue weighted by Gasteiger charge is -2.35. The number of piperazine rings is 2. The summed E-state index contributed by atoms with van der Waals surface area (Å²) in [4.78, 5) is 28.5. The van der Waals surface area contributed by atoms with Gasteiger partial charge in [0.15, 0.2) is 0 Å². The van der Waals surface area contributed by atoms with E-state index in [1.807, 2.05) is 37.6 Å². The first-order valence-electron chi connectivity index (χ1n) is 14.3. The predicted octanol–water partition coefficient (Wildman–Crippen LogP) is 5.95. The zero-order valence-corrected chi connectivity index (χ0v) is 28.3. The van der Waals surface area contributed by atoms with Crippen molar-refractivity contribution in [2.45, 2.75) is 27.9 Å². The SMILES string of the molecule is C.C.CP(C)(=O)CCl.CP(C)(=O)CN1CCN(Cc2ccc(C(=O)O)cc2)CC1.O=C(O)c1ccc(CN2CCNCC2)cc1. The molecule has 2 aromatic carbocycles. The van der Waals surface area contributed by atoms with Crippen LogP contribution in [-0.2, 0) is 22.2 Å². The lowest BCUT2D eigenvalue weighted by Crippen LogP contribution is -2.45. The lowest BCUT2D eigenvalue weighted by molar-refractivity contribution is 0.0686. The molecule has 2 heterocycles. The molecular weight excluding hydrogens is 634 g/mol. The number of carbonyl (C=O) groups is 2. The van der Waals surface area contributed by atoms with E-state index < -0.39 is 26.2 Å². The minimum Gasteiger partial charge on any atom is -0.478 e. The van der Waals surface area contributed by atoms with Crippen LogP contribution >= 0.6 is 25.9 Å². The van der Waals surface area contributed by atoms with E-state index in [-0.39, 0.29) is 14.9 Å². The molecule has 256 valence electrons. The number of benzene rings is 2. The summed E-state index contributed by atoms with van der Waals surface area (Å²) in [6.07, 6.45) is 0.703. The van der Waals surface area contributed by atoms with Crippen LogP contribution in [0.5, 0.6) is 0 Å². The van der Waals surface area contributed by atoms with E-state index >= 15 is 0 Å². The summed E-state index contributed by atoms with van der Waals surface area (Å²) in [5.74, 6) is -1.76. The van der Waals surface area contributed by atoms with Crippen molar-refractivity contribution in [2.75, 3.05) is 90.9 Å². The molecule has 3 N–H and O–H groups in total. The Balaban J connectivity index is 0.000000718. The highest BCUT2D eigenvalue weighted by atomic mass is 35.5. The number of rotatable bonds is 9. The van der Waals surface area contributed by atoms with Gasteiger partial charge in [-0.3, -0.25) is 14.7 Å². The summed E-state index contributed by atoms with van der Waals surface area (Å²) in [5.41, 5.74) is 3.28. The number of hydrogen-bond acceptors (Lipinski definition) is 8. The molecule has 0 bridgehead atoms. The van der Waals surface area contributed by atoms with Gasteiger partial charge in [0.05, 0.1) is 37.3 Å². The van der Waals surface area contributed by atoms with Gasteiger partial charge in [-0.05, 0) is 62.1 Å². The Labute approximate surface area is 275 Å². The van der Waals surface area contributed by atoms with Crippen molar-refractivity contribution in [1.82, 2.24) is 20.0 Å². The summed E-state index contributed by atoms with van der Waals surface area (Å²) in [6.45, 7) is 16.7. The highest BCUT2D eigenvalue weighted by molar-refractivity contribution is 7.63. The number of hydrogen-bond donors (Lipinski definition) is 3. The molecule has 45 heavy (non-hydrogen) atoms. The van der Waals surface area contributed by atoms with Crippen LogP contribution in [0.25, 0.3) is 0 Å². The van der Waals surface area contributed by atoms with Gasteiger partial charge in [-0.1, -0.05) is 39.1 Å². The third-order valence-electron chi connectivity index (χ3n) is 6.72. The maximum atomic E-state index is 11.8. The molecule has 2 aliphatic heterocycles. The third-order valence-corrected chi connectivity index (χ3v) is 10.1. The van der Waals surface area contributed by atoms with Gasteiger partial charge in [0.25, 0.3) is 0 Å². The van der Waals surface area contributed by atoms with Crippen molar-refractivity contribution in [1.29, 1.82) is 0 Å². The first-order chi connectivity index (χ1) is 20.1. The molecular formula is C32H55ClN4O6P2.